The van der Waals surface area contributed by atoms with Gasteiger partial charge in [0.05, 0.1) is 5.97 Å². The molecule has 3 aromatic rings. The minimum absolute atomic E-state index is 0.692. The Morgan fingerprint density at radius 1 is 0.952 bits per heavy atom. The molecule has 0 saturated carbocycles. The normalized spacial score (nSPS) is 9.76. The number of H-pyrrole nitrogens is 2. The van der Waals surface area contributed by atoms with Crippen LogP contribution in [0.2, 0.25) is 0 Å². The maximum absolute atomic E-state index is 11.2. The lowest BCUT2D eigenvalue weighted by Gasteiger charge is -2.18. The molecule has 0 amide bonds. The number of carboxylic acid groups (broad SMARTS) is 1. The van der Waals surface area contributed by atoms with E-state index < -0.39 is 11.9 Å². The molecule has 3 rings (SSSR count). The highest BCUT2D eigenvalue weighted by molar-refractivity contribution is 5.78. The van der Waals surface area contributed by atoms with Crippen molar-refractivity contribution in [3.05, 3.63) is 90.5 Å². The van der Waals surface area contributed by atoms with Crippen LogP contribution in [0.3, 0.4) is 0 Å². The summed E-state index contributed by atoms with van der Waals surface area (Å²) < 4.78 is 0. The molecular formula is C17H16N2O2. The van der Waals surface area contributed by atoms with Crippen molar-refractivity contribution in [3.8, 4) is 0 Å². The molecule has 0 unspecified atom stereocenters. The Hall–Kier alpha value is -2.88. The minimum atomic E-state index is -1.07. The SMILES string of the molecule is O=C([O-])C(c1ccccc1)c1ccccc1.c1c[nH+]c[nH]1. The number of rotatable bonds is 3. The molecule has 4 nitrogen and oxygen atoms in total. The zero-order chi connectivity index (χ0) is 14.9. The first-order chi connectivity index (χ1) is 10.3. The fourth-order valence-corrected chi connectivity index (χ4v) is 2.00. The van der Waals surface area contributed by atoms with Crippen molar-refractivity contribution >= 4 is 5.97 Å². The van der Waals surface area contributed by atoms with Crippen LogP contribution in [-0.4, -0.2) is 11.0 Å². The van der Waals surface area contributed by atoms with E-state index in [9.17, 15) is 9.90 Å². The van der Waals surface area contributed by atoms with Gasteiger partial charge in [-0.25, -0.2) is 0 Å². The number of benzene rings is 2. The van der Waals surface area contributed by atoms with Crippen molar-refractivity contribution < 1.29 is 14.9 Å². The molecule has 106 valence electrons. The molecule has 2 aromatic carbocycles. The van der Waals surface area contributed by atoms with Crippen molar-refractivity contribution in [2.45, 2.75) is 5.92 Å². The van der Waals surface area contributed by atoms with Crippen LogP contribution in [0.4, 0.5) is 0 Å². The summed E-state index contributed by atoms with van der Waals surface area (Å²) in [5.74, 6) is -1.76. The second-order valence-corrected chi connectivity index (χ2v) is 4.38. The van der Waals surface area contributed by atoms with Crippen LogP contribution in [0, 0.1) is 0 Å². The summed E-state index contributed by atoms with van der Waals surface area (Å²) in [5, 5.41) is 11.2. The van der Waals surface area contributed by atoms with Gasteiger partial charge in [0.1, 0.15) is 12.4 Å². The van der Waals surface area contributed by atoms with Crippen molar-refractivity contribution in [2.75, 3.05) is 0 Å². The van der Waals surface area contributed by atoms with Crippen LogP contribution >= 0.6 is 0 Å². The van der Waals surface area contributed by atoms with E-state index >= 15 is 0 Å². The Labute approximate surface area is 123 Å². The number of aromatic amines is 2. The second-order valence-electron chi connectivity index (χ2n) is 4.38. The summed E-state index contributed by atoms with van der Waals surface area (Å²) in [6.07, 6.45) is 5.39. The Kier molecular flexibility index (Phi) is 5.29. The Balaban J connectivity index is 0.000000272. The lowest BCUT2D eigenvalue weighted by atomic mass is 9.92. The minimum Gasteiger partial charge on any atom is -0.549 e. The zero-order valence-corrected chi connectivity index (χ0v) is 11.4. The standard InChI is InChI=1S/C14H12O2.C3H4N2/c15-14(16)13(11-7-3-1-4-8-11)12-9-5-2-6-10-12;1-2-5-3-4-1/h1-10,13H,(H,15,16);1-3H,(H,4,5). The van der Waals surface area contributed by atoms with Crippen molar-refractivity contribution in [1.82, 2.24) is 4.98 Å². The number of carbonyl (C=O) groups excluding carboxylic acids is 1. The molecule has 1 heterocycles. The molecule has 2 N–H and O–H groups in total. The topological polar surface area (TPSA) is 70.1 Å². The van der Waals surface area contributed by atoms with Gasteiger partial charge in [-0.1, -0.05) is 60.7 Å². The predicted octanol–water partition coefficient (Wildman–Crippen LogP) is 1.40. The van der Waals surface area contributed by atoms with Crippen LogP contribution < -0.4 is 10.1 Å². The van der Waals surface area contributed by atoms with Crippen LogP contribution in [-0.2, 0) is 4.79 Å². The highest BCUT2D eigenvalue weighted by atomic mass is 16.4. The van der Waals surface area contributed by atoms with Crippen LogP contribution in [0.1, 0.15) is 17.0 Å². The first-order valence-corrected chi connectivity index (χ1v) is 6.58. The summed E-state index contributed by atoms with van der Waals surface area (Å²) in [7, 11) is 0. The third-order valence-electron chi connectivity index (χ3n) is 2.94. The molecule has 0 fully saturated rings. The van der Waals surface area contributed by atoms with Gasteiger partial charge in [-0.15, -0.1) is 0 Å². The first-order valence-electron chi connectivity index (χ1n) is 6.58. The molecule has 1 aromatic heterocycles. The average Bonchev–Trinajstić information content (AvgIpc) is 3.09. The van der Waals surface area contributed by atoms with E-state index in [2.05, 4.69) is 9.97 Å². The lowest BCUT2D eigenvalue weighted by molar-refractivity contribution is -0.375. The number of imidazole rings is 1. The van der Waals surface area contributed by atoms with Gasteiger partial charge in [0.15, 0.2) is 0 Å². The summed E-state index contributed by atoms with van der Waals surface area (Å²) in [6, 6.07) is 18.2. The Morgan fingerprint density at radius 3 is 1.76 bits per heavy atom. The van der Waals surface area contributed by atoms with E-state index in [0.717, 1.165) is 11.1 Å². The molecule has 0 atom stereocenters. The smallest absolute Gasteiger partial charge is 0.239 e. The van der Waals surface area contributed by atoms with E-state index in [1.807, 2.05) is 48.8 Å². The number of hydrogen-bond donors (Lipinski definition) is 1. The molecule has 0 aliphatic heterocycles. The van der Waals surface area contributed by atoms with E-state index in [1.54, 1.807) is 30.6 Å². The maximum Gasteiger partial charge on any atom is 0.239 e. The number of aliphatic carboxylic acids is 1. The lowest BCUT2D eigenvalue weighted by Crippen LogP contribution is -2.30. The quantitative estimate of drug-likeness (QED) is 0.787. The summed E-state index contributed by atoms with van der Waals surface area (Å²) >= 11 is 0. The zero-order valence-electron chi connectivity index (χ0n) is 11.4. The van der Waals surface area contributed by atoms with Gasteiger partial charge < -0.3 is 9.90 Å². The van der Waals surface area contributed by atoms with Gasteiger partial charge in [0, 0.05) is 5.92 Å². The molecule has 0 saturated heterocycles. The van der Waals surface area contributed by atoms with Gasteiger partial charge >= 0.3 is 0 Å². The highest BCUT2D eigenvalue weighted by Crippen LogP contribution is 2.23. The van der Waals surface area contributed by atoms with Gasteiger partial charge in [-0.3, -0.25) is 9.97 Å². The van der Waals surface area contributed by atoms with Crippen molar-refractivity contribution in [1.29, 1.82) is 0 Å². The Bertz CT molecular complexity index is 580. The molecule has 4 heteroatoms. The van der Waals surface area contributed by atoms with Crippen LogP contribution in [0.15, 0.2) is 79.4 Å². The van der Waals surface area contributed by atoms with Crippen LogP contribution in [0.25, 0.3) is 0 Å². The molecule has 21 heavy (non-hydrogen) atoms. The molecular weight excluding hydrogens is 264 g/mol. The fraction of sp³-hybridized carbons (Fsp3) is 0.0588. The molecule has 0 spiro atoms. The second kappa shape index (κ2) is 7.65. The third-order valence-corrected chi connectivity index (χ3v) is 2.94. The largest absolute Gasteiger partial charge is 0.549 e. The van der Waals surface area contributed by atoms with E-state index in [1.165, 1.54) is 0 Å². The number of hydrogen-bond acceptors (Lipinski definition) is 2. The maximum atomic E-state index is 11.2. The average molecular weight is 280 g/mol. The number of carboxylic acids is 1. The summed E-state index contributed by atoms with van der Waals surface area (Å²) in [4.78, 5) is 16.8. The van der Waals surface area contributed by atoms with E-state index in [4.69, 9.17) is 0 Å². The van der Waals surface area contributed by atoms with E-state index in [0.29, 0.717) is 0 Å². The summed E-state index contributed by atoms with van der Waals surface area (Å²) in [6.45, 7) is 0. The monoisotopic (exact) mass is 280 g/mol. The summed E-state index contributed by atoms with van der Waals surface area (Å²) in [5.41, 5.74) is 1.49. The molecule has 0 aliphatic rings. The first kappa shape index (κ1) is 14.5. The van der Waals surface area contributed by atoms with Gasteiger partial charge in [0.25, 0.3) is 0 Å². The predicted molar refractivity (Wildman–Crippen MR) is 77.1 cm³/mol. The van der Waals surface area contributed by atoms with Crippen molar-refractivity contribution in [3.63, 3.8) is 0 Å². The van der Waals surface area contributed by atoms with E-state index in [-0.39, 0.29) is 0 Å². The number of nitrogens with one attached hydrogen (secondary N) is 2. The molecule has 0 aliphatic carbocycles. The van der Waals surface area contributed by atoms with Crippen LogP contribution in [0.5, 0.6) is 0 Å². The fourth-order valence-electron chi connectivity index (χ4n) is 2.00. The molecule has 0 radical (unpaired) electrons. The van der Waals surface area contributed by atoms with Gasteiger partial charge in [-0.2, -0.15) is 0 Å². The third kappa shape index (κ3) is 4.31. The van der Waals surface area contributed by atoms with Gasteiger partial charge in [0.2, 0.25) is 6.33 Å². The van der Waals surface area contributed by atoms with Gasteiger partial charge in [-0.05, 0) is 11.1 Å². The Morgan fingerprint density at radius 2 is 1.48 bits per heavy atom. The van der Waals surface area contributed by atoms with Crippen molar-refractivity contribution in [2.24, 2.45) is 0 Å². The number of carbonyl (C=O) groups is 1. The highest BCUT2D eigenvalue weighted by Gasteiger charge is 2.14. The number of aromatic nitrogens is 2. The molecule has 0 bridgehead atoms.